The first kappa shape index (κ1) is 19.8. The number of aryl methyl sites for hydroxylation is 1. The van der Waals surface area contributed by atoms with E-state index in [0.29, 0.717) is 22.1 Å². The summed E-state index contributed by atoms with van der Waals surface area (Å²) in [4.78, 5) is 26.3. The number of carbonyl (C=O) groups excluding carboxylic acids is 2. The Kier molecular flexibility index (Phi) is 6.26. The summed E-state index contributed by atoms with van der Waals surface area (Å²) in [6.45, 7) is 7.29. The molecule has 0 atom stereocenters. The second kappa shape index (κ2) is 8.23. The van der Waals surface area contributed by atoms with Crippen molar-refractivity contribution in [3.8, 4) is 11.5 Å². The number of benzene rings is 1. The molecule has 6 nitrogen and oxygen atoms in total. The minimum Gasteiger partial charge on any atom is -0.496 e. The van der Waals surface area contributed by atoms with E-state index < -0.39 is 11.9 Å². The first-order valence-corrected chi connectivity index (χ1v) is 8.95. The molecule has 0 saturated heterocycles. The molecular formula is C19H23NO5S. The summed E-state index contributed by atoms with van der Waals surface area (Å²) in [7, 11) is 2.97. The number of hydrogen-bond donors (Lipinski definition) is 1. The van der Waals surface area contributed by atoms with E-state index in [4.69, 9.17) is 14.2 Å². The number of rotatable bonds is 6. The van der Waals surface area contributed by atoms with E-state index in [1.807, 2.05) is 13.8 Å². The second-order valence-electron chi connectivity index (χ2n) is 5.93. The standard InChI is InChI=1S/C19H23NO5S/c1-10(2)25-19(22)15-11(3)12(4)26-18(15)20-17(21)16-13(23-5)8-7-9-14(16)24-6/h7-10H,1-6H3,(H,20,21). The number of carbonyl (C=O) groups is 2. The monoisotopic (exact) mass is 377 g/mol. The highest BCUT2D eigenvalue weighted by molar-refractivity contribution is 7.16. The molecule has 1 N–H and O–H groups in total. The zero-order valence-electron chi connectivity index (χ0n) is 15.8. The van der Waals surface area contributed by atoms with Gasteiger partial charge in [-0.1, -0.05) is 6.07 Å². The maximum Gasteiger partial charge on any atom is 0.341 e. The SMILES string of the molecule is COc1cccc(OC)c1C(=O)Nc1sc(C)c(C)c1C(=O)OC(C)C. The van der Waals surface area contributed by atoms with Gasteiger partial charge in [0.2, 0.25) is 0 Å². The molecule has 0 spiro atoms. The van der Waals surface area contributed by atoms with Gasteiger partial charge in [-0.05, 0) is 45.4 Å². The maximum atomic E-state index is 12.9. The van der Waals surface area contributed by atoms with Crippen LogP contribution < -0.4 is 14.8 Å². The Bertz CT molecular complexity index is 803. The molecule has 0 radical (unpaired) electrons. The number of ether oxygens (including phenoxy) is 3. The van der Waals surface area contributed by atoms with Crippen molar-refractivity contribution in [2.75, 3.05) is 19.5 Å². The van der Waals surface area contributed by atoms with Crippen LogP contribution >= 0.6 is 11.3 Å². The summed E-state index contributed by atoms with van der Waals surface area (Å²) >= 11 is 1.33. The molecule has 1 amide bonds. The number of esters is 1. The molecule has 0 aliphatic carbocycles. The Morgan fingerprint density at radius 2 is 1.62 bits per heavy atom. The minimum atomic E-state index is -0.454. The molecule has 7 heteroatoms. The first-order valence-electron chi connectivity index (χ1n) is 8.13. The van der Waals surface area contributed by atoms with Gasteiger partial charge < -0.3 is 19.5 Å². The van der Waals surface area contributed by atoms with Gasteiger partial charge in [-0.15, -0.1) is 11.3 Å². The average Bonchev–Trinajstić information content (AvgIpc) is 2.87. The van der Waals surface area contributed by atoms with Crippen LogP contribution in [0.15, 0.2) is 18.2 Å². The van der Waals surface area contributed by atoms with Crippen LogP contribution in [0.2, 0.25) is 0 Å². The van der Waals surface area contributed by atoms with E-state index in [2.05, 4.69) is 5.32 Å². The Morgan fingerprint density at radius 3 is 2.12 bits per heavy atom. The predicted octanol–water partition coefficient (Wildman–Crippen LogP) is 4.20. The number of nitrogens with one attached hydrogen (secondary N) is 1. The van der Waals surface area contributed by atoms with Gasteiger partial charge in [0.25, 0.3) is 5.91 Å². The third-order valence-corrected chi connectivity index (χ3v) is 4.94. The van der Waals surface area contributed by atoms with Crippen LogP contribution in [0.25, 0.3) is 0 Å². The maximum absolute atomic E-state index is 12.9. The van der Waals surface area contributed by atoms with Gasteiger partial charge in [0.05, 0.1) is 25.9 Å². The number of amides is 1. The lowest BCUT2D eigenvalue weighted by atomic mass is 10.1. The van der Waals surface area contributed by atoms with Gasteiger partial charge in [-0.3, -0.25) is 4.79 Å². The van der Waals surface area contributed by atoms with E-state index in [9.17, 15) is 9.59 Å². The fraction of sp³-hybridized carbons (Fsp3) is 0.368. The Balaban J connectivity index is 2.42. The summed E-state index contributed by atoms with van der Waals surface area (Å²) in [6.07, 6.45) is -0.250. The van der Waals surface area contributed by atoms with E-state index in [-0.39, 0.29) is 11.7 Å². The Labute approximate surface area is 157 Å². The molecule has 0 aliphatic heterocycles. The van der Waals surface area contributed by atoms with Crippen molar-refractivity contribution in [3.05, 3.63) is 39.8 Å². The van der Waals surface area contributed by atoms with Crippen LogP contribution in [0.3, 0.4) is 0 Å². The average molecular weight is 377 g/mol. The fourth-order valence-corrected chi connectivity index (χ4v) is 3.52. The van der Waals surface area contributed by atoms with Crippen LogP contribution in [0.1, 0.15) is 45.0 Å². The van der Waals surface area contributed by atoms with E-state index in [1.54, 1.807) is 32.0 Å². The summed E-state index contributed by atoms with van der Waals surface area (Å²) in [6, 6.07) is 5.09. The molecule has 140 valence electrons. The fourth-order valence-electron chi connectivity index (χ4n) is 2.47. The largest absolute Gasteiger partial charge is 0.496 e. The normalized spacial score (nSPS) is 10.6. The molecule has 1 aromatic carbocycles. The number of anilines is 1. The van der Waals surface area contributed by atoms with E-state index >= 15 is 0 Å². The lowest BCUT2D eigenvalue weighted by molar-refractivity contribution is 0.0379. The van der Waals surface area contributed by atoms with Crippen molar-refractivity contribution in [2.24, 2.45) is 0 Å². The third kappa shape index (κ3) is 3.99. The first-order chi connectivity index (χ1) is 12.3. The highest BCUT2D eigenvalue weighted by Crippen LogP contribution is 2.35. The van der Waals surface area contributed by atoms with Crippen LogP contribution in [0.4, 0.5) is 5.00 Å². The molecular weight excluding hydrogens is 354 g/mol. The Hall–Kier alpha value is -2.54. The molecule has 0 saturated carbocycles. The summed E-state index contributed by atoms with van der Waals surface area (Å²) in [5, 5.41) is 3.26. The van der Waals surface area contributed by atoms with Crippen molar-refractivity contribution >= 4 is 28.2 Å². The third-order valence-electron chi connectivity index (χ3n) is 3.81. The van der Waals surface area contributed by atoms with Crippen molar-refractivity contribution in [1.29, 1.82) is 0 Å². The summed E-state index contributed by atoms with van der Waals surface area (Å²) in [5.74, 6) is -0.0976. The topological polar surface area (TPSA) is 73.9 Å². The second-order valence-corrected chi connectivity index (χ2v) is 7.16. The van der Waals surface area contributed by atoms with Gasteiger partial charge in [0.1, 0.15) is 22.1 Å². The van der Waals surface area contributed by atoms with Crippen LogP contribution in [0.5, 0.6) is 11.5 Å². The molecule has 0 aliphatic rings. The van der Waals surface area contributed by atoms with Crippen molar-refractivity contribution in [1.82, 2.24) is 0 Å². The minimum absolute atomic E-state index is 0.250. The molecule has 0 bridgehead atoms. The molecule has 26 heavy (non-hydrogen) atoms. The van der Waals surface area contributed by atoms with Crippen LogP contribution in [-0.2, 0) is 4.74 Å². The summed E-state index contributed by atoms with van der Waals surface area (Å²) < 4.78 is 15.9. The molecule has 2 aromatic rings. The number of hydrogen-bond acceptors (Lipinski definition) is 6. The molecule has 1 heterocycles. The smallest absolute Gasteiger partial charge is 0.341 e. The van der Waals surface area contributed by atoms with E-state index in [1.165, 1.54) is 25.6 Å². The molecule has 2 rings (SSSR count). The van der Waals surface area contributed by atoms with Crippen LogP contribution in [0, 0.1) is 13.8 Å². The number of thiophene rings is 1. The van der Waals surface area contributed by atoms with Crippen LogP contribution in [-0.4, -0.2) is 32.2 Å². The van der Waals surface area contributed by atoms with Crippen molar-refractivity contribution < 1.29 is 23.8 Å². The number of methoxy groups -OCH3 is 2. The highest BCUT2D eigenvalue weighted by atomic mass is 32.1. The zero-order chi connectivity index (χ0) is 19.4. The van der Waals surface area contributed by atoms with Gasteiger partial charge in [-0.25, -0.2) is 4.79 Å². The van der Waals surface area contributed by atoms with Gasteiger partial charge >= 0.3 is 5.97 Å². The quantitative estimate of drug-likeness (QED) is 0.764. The predicted molar refractivity (Wildman–Crippen MR) is 102 cm³/mol. The molecule has 0 fully saturated rings. The molecule has 1 aromatic heterocycles. The van der Waals surface area contributed by atoms with Gasteiger partial charge in [0.15, 0.2) is 0 Å². The molecule has 0 unspecified atom stereocenters. The van der Waals surface area contributed by atoms with E-state index in [0.717, 1.165) is 10.4 Å². The lowest BCUT2D eigenvalue weighted by Crippen LogP contribution is -2.18. The lowest BCUT2D eigenvalue weighted by Gasteiger charge is -2.13. The van der Waals surface area contributed by atoms with Crippen molar-refractivity contribution in [2.45, 2.75) is 33.8 Å². The van der Waals surface area contributed by atoms with Gasteiger partial charge in [0, 0.05) is 4.88 Å². The van der Waals surface area contributed by atoms with Crippen molar-refractivity contribution in [3.63, 3.8) is 0 Å². The summed E-state index contributed by atoms with van der Waals surface area (Å²) in [5.41, 5.74) is 1.44. The zero-order valence-corrected chi connectivity index (χ0v) is 16.6. The Morgan fingerprint density at radius 1 is 1.04 bits per heavy atom. The van der Waals surface area contributed by atoms with Gasteiger partial charge in [-0.2, -0.15) is 0 Å². The highest BCUT2D eigenvalue weighted by Gasteiger charge is 2.25.